The summed E-state index contributed by atoms with van der Waals surface area (Å²) < 4.78 is 0. The highest BCUT2D eigenvalue weighted by molar-refractivity contribution is 7.80. The van der Waals surface area contributed by atoms with E-state index in [4.69, 9.17) is 12.2 Å². The van der Waals surface area contributed by atoms with Gasteiger partial charge in [-0.2, -0.15) is 0 Å². The fourth-order valence-electron chi connectivity index (χ4n) is 2.59. The maximum atomic E-state index is 5.51. The van der Waals surface area contributed by atoms with Crippen LogP contribution in [0.5, 0.6) is 0 Å². The first-order valence-corrected chi connectivity index (χ1v) is 8.92. The van der Waals surface area contributed by atoms with Crippen LogP contribution in [-0.4, -0.2) is 32.3 Å². The van der Waals surface area contributed by atoms with Crippen LogP contribution in [0.2, 0.25) is 0 Å². The predicted molar refractivity (Wildman–Crippen MR) is 105 cm³/mol. The van der Waals surface area contributed by atoms with E-state index < -0.39 is 0 Å². The van der Waals surface area contributed by atoms with E-state index in [0.717, 1.165) is 19.5 Å². The number of hydrogen-bond acceptors (Lipinski definition) is 1. The molecule has 24 heavy (non-hydrogen) atoms. The van der Waals surface area contributed by atoms with Crippen molar-refractivity contribution in [2.24, 2.45) is 0 Å². The van der Waals surface area contributed by atoms with Crippen molar-refractivity contribution in [1.29, 1.82) is 0 Å². The second kappa shape index (κ2) is 9.40. The number of nitrogens with one attached hydrogen (secondary N) is 3. The molecule has 0 bridgehead atoms. The maximum absolute atomic E-state index is 5.51. The van der Waals surface area contributed by atoms with Crippen molar-refractivity contribution in [2.45, 2.75) is 19.4 Å². The van der Waals surface area contributed by atoms with Gasteiger partial charge in [0.05, 0.1) is 26.7 Å². The molecule has 0 aromatic heterocycles. The predicted octanol–water partition coefficient (Wildman–Crippen LogP) is 2.08. The Morgan fingerprint density at radius 2 is 1.62 bits per heavy atom. The van der Waals surface area contributed by atoms with Gasteiger partial charge in [0.2, 0.25) is 0 Å². The highest BCUT2D eigenvalue weighted by Gasteiger charge is 2.14. The van der Waals surface area contributed by atoms with Gasteiger partial charge >= 0.3 is 0 Å². The molecule has 0 amide bonds. The van der Waals surface area contributed by atoms with Crippen molar-refractivity contribution in [1.82, 2.24) is 10.6 Å². The van der Waals surface area contributed by atoms with Crippen molar-refractivity contribution >= 4 is 17.3 Å². The van der Waals surface area contributed by atoms with Gasteiger partial charge in [0.25, 0.3) is 0 Å². The van der Waals surface area contributed by atoms with E-state index in [2.05, 4.69) is 80.2 Å². The lowest BCUT2D eigenvalue weighted by Crippen LogP contribution is -3.05. The Labute approximate surface area is 151 Å². The van der Waals surface area contributed by atoms with Crippen LogP contribution >= 0.6 is 12.2 Å². The average Bonchev–Trinajstić information content (AvgIpc) is 2.58. The lowest BCUT2D eigenvalue weighted by atomic mass is 9.98. The van der Waals surface area contributed by atoms with Gasteiger partial charge in [0.15, 0.2) is 5.11 Å². The fourth-order valence-corrected chi connectivity index (χ4v) is 2.81. The minimum Gasteiger partial charge on any atom is -0.362 e. The van der Waals surface area contributed by atoms with Crippen molar-refractivity contribution in [3.63, 3.8) is 0 Å². The zero-order valence-corrected chi connectivity index (χ0v) is 15.6. The topological polar surface area (TPSA) is 28.5 Å². The molecule has 0 aliphatic carbocycles. The van der Waals surface area contributed by atoms with Gasteiger partial charge in [-0.3, -0.25) is 0 Å². The number of rotatable bonds is 7. The third-order valence-corrected chi connectivity index (χ3v) is 4.22. The van der Waals surface area contributed by atoms with Gasteiger partial charge in [-0.1, -0.05) is 60.2 Å². The molecule has 0 fully saturated rings. The summed E-state index contributed by atoms with van der Waals surface area (Å²) in [5.74, 6) is 0. The highest BCUT2D eigenvalue weighted by atomic mass is 32.1. The molecule has 0 heterocycles. The Bertz CT molecular complexity index is 623. The highest BCUT2D eigenvalue weighted by Crippen LogP contribution is 2.22. The molecule has 0 spiro atoms. The SMILES string of the molecule is Cc1ccc([C@H](NC(=S)NCCC[NH+](C)C)c2ccccc2)cc1. The molecule has 2 rings (SSSR count). The van der Waals surface area contributed by atoms with Crippen molar-refractivity contribution in [3.8, 4) is 0 Å². The smallest absolute Gasteiger partial charge is 0.167 e. The summed E-state index contributed by atoms with van der Waals surface area (Å²) >= 11 is 5.51. The molecule has 2 aromatic rings. The second-order valence-corrected chi connectivity index (χ2v) is 6.87. The first-order valence-electron chi connectivity index (χ1n) is 8.51. The number of aryl methyl sites for hydroxylation is 1. The molecule has 3 nitrogen and oxygen atoms in total. The van der Waals surface area contributed by atoms with E-state index in [1.54, 1.807) is 0 Å². The van der Waals surface area contributed by atoms with Crippen LogP contribution in [0.1, 0.15) is 29.2 Å². The molecule has 0 saturated carbocycles. The van der Waals surface area contributed by atoms with E-state index in [1.807, 2.05) is 6.07 Å². The van der Waals surface area contributed by atoms with Crippen LogP contribution < -0.4 is 15.5 Å². The van der Waals surface area contributed by atoms with Gasteiger partial charge in [0, 0.05) is 13.0 Å². The number of benzene rings is 2. The zero-order valence-electron chi connectivity index (χ0n) is 14.8. The number of quaternary nitrogens is 1. The zero-order chi connectivity index (χ0) is 17.4. The monoisotopic (exact) mass is 342 g/mol. The van der Waals surface area contributed by atoms with E-state index in [0.29, 0.717) is 5.11 Å². The Morgan fingerprint density at radius 3 is 2.25 bits per heavy atom. The van der Waals surface area contributed by atoms with Gasteiger partial charge in [-0.15, -0.1) is 0 Å². The maximum Gasteiger partial charge on any atom is 0.167 e. The molecular weight excluding hydrogens is 314 g/mol. The van der Waals surface area contributed by atoms with Crippen LogP contribution in [-0.2, 0) is 0 Å². The molecule has 0 saturated heterocycles. The number of thiocarbonyl (C=S) groups is 1. The molecule has 3 N–H and O–H groups in total. The number of hydrogen-bond donors (Lipinski definition) is 3. The molecule has 2 aromatic carbocycles. The summed E-state index contributed by atoms with van der Waals surface area (Å²) in [5, 5.41) is 7.50. The Kier molecular flexibility index (Phi) is 7.22. The van der Waals surface area contributed by atoms with Crippen LogP contribution in [0.15, 0.2) is 54.6 Å². The first kappa shape index (κ1) is 18.4. The van der Waals surface area contributed by atoms with Gasteiger partial charge in [-0.05, 0) is 30.3 Å². The van der Waals surface area contributed by atoms with Crippen LogP contribution in [0.25, 0.3) is 0 Å². The molecule has 0 radical (unpaired) electrons. The summed E-state index contributed by atoms with van der Waals surface area (Å²) in [6.07, 6.45) is 1.10. The molecule has 0 aliphatic heterocycles. The normalized spacial score (nSPS) is 12.0. The standard InChI is InChI=1S/C20H27N3S/c1-16-10-12-18(13-11-16)19(17-8-5-4-6-9-17)22-20(24)21-14-7-15-23(2)3/h4-6,8-13,19H,7,14-15H2,1-3H3,(H2,21,22,24)/p+1/t19-/m1/s1. The Morgan fingerprint density at radius 1 is 1.00 bits per heavy atom. The first-order chi connectivity index (χ1) is 11.6. The molecule has 0 aliphatic rings. The van der Waals surface area contributed by atoms with E-state index in [9.17, 15) is 0 Å². The van der Waals surface area contributed by atoms with E-state index in [-0.39, 0.29) is 6.04 Å². The molecular formula is C20H28N3S+. The average molecular weight is 343 g/mol. The molecule has 0 unspecified atom stereocenters. The lowest BCUT2D eigenvalue weighted by molar-refractivity contribution is -0.858. The summed E-state index contributed by atoms with van der Waals surface area (Å²) in [5.41, 5.74) is 3.69. The second-order valence-electron chi connectivity index (χ2n) is 6.47. The van der Waals surface area contributed by atoms with E-state index in [1.165, 1.54) is 21.6 Å². The summed E-state index contributed by atoms with van der Waals surface area (Å²) in [4.78, 5) is 1.46. The Hall–Kier alpha value is -1.91. The third-order valence-electron chi connectivity index (χ3n) is 3.96. The minimum absolute atomic E-state index is 0.0614. The van der Waals surface area contributed by atoms with Gasteiger partial charge < -0.3 is 15.5 Å². The minimum atomic E-state index is 0.0614. The quantitative estimate of drug-likeness (QED) is 0.531. The van der Waals surface area contributed by atoms with Gasteiger partial charge in [0.1, 0.15) is 0 Å². The van der Waals surface area contributed by atoms with Crippen molar-refractivity contribution in [2.75, 3.05) is 27.2 Å². The lowest BCUT2D eigenvalue weighted by Gasteiger charge is -2.22. The van der Waals surface area contributed by atoms with Crippen LogP contribution in [0.3, 0.4) is 0 Å². The van der Waals surface area contributed by atoms with E-state index >= 15 is 0 Å². The largest absolute Gasteiger partial charge is 0.362 e. The fraction of sp³-hybridized carbons (Fsp3) is 0.350. The third kappa shape index (κ3) is 5.95. The van der Waals surface area contributed by atoms with Gasteiger partial charge in [-0.25, -0.2) is 0 Å². The molecule has 4 heteroatoms. The molecule has 128 valence electrons. The summed E-state index contributed by atoms with van der Waals surface area (Å²) in [6, 6.07) is 19.1. The summed E-state index contributed by atoms with van der Waals surface area (Å²) in [7, 11) is 4.33. The van der Waals surface area contributed by atoms with Crippen LogP contribution in [0.4, 0.5) is 0 Å². The van der Waals surface area contributed by atoms with Crippen molar-refractivity contribution in [3.05, 3.63) is 71.3 Å². The molecule has 1 atom stereocenters. The Balaban J connectivity index is 2.04. The van der Waals surface area contributed by atoms with Crippen molar-refractivity contribution < 1.29 is 4.90 Å². The summed E-state index contributed by atoms with van der Waals surface area (Å²) in [6.45, 7) is 4.13. The van der Waals surface area contributed by atoms with Crippen LogP contribution in [0, 0.1) is 6.92 Å².